The average molecular weight is 403 g/mol. The Balaban J connectivity index is 2.10. The first-order chi connectivity index (χ1) is 13.4. The van der Waals surface area contributed by atoms with Crippen LogP contribution in [0.5, 0.6) is 5.75 Å². The highest BCUT2D eigenvalue weighted by Gasteiger charge is 2.26. The summed E-state index contributed by atoms with van der Waals surface area (Å²) in [5.74, 6) is 0.499. The third kappa shape index (κ3) is 6.89. The van der Waals surface area contributed by atoms with Gasteiger partial charge in [0.25, 0.3) is 5.91 Å². The molecule has 0 radical (unpaired) electrons. The quantitative estimate of drug-likeness (QED) is 0.691. The number of carbonyl (C=O) groups excluding carboxylic acids is 2. The predicted molar refractivity (Wildman–Crippen MR) is 111 cm³/mol. The summed E-state index contributed by atoms with van der Waals surface area (Å²) in [7, 11) is 0. The van der Waals surface area contributed by atoms with Crippen molar-refractivity contribution >= 4 is 23.4 Å². The van der Waals surface area contributed by atoms with Gasteiger partial charge in [-0.15, -0.1) is 0 Å². The number of ether oxygens (including phenoxy) is 1. The van der Waals surface area contributed by atoms with Crippen molar-refractivity contribution in [2.45, 2.75) is 33.4 Å². The highest BCUT2D eigenvalue weighted by atomic mass is 35.5. The summed E-state index contributed by atoms with van der Waals surface area (Å²) in [6, 6.07) is 15.7. The molecule has 2 amide bonds. The summed E-state index contributed by atoms with van der Waals surface area (Å²) in [6.45, 7) is 6.49. The van der Waals surface area contributed by atoms with E-state index in [1.165, 1.54) is 4.90 Å². The van der Waals surface area contributed by atoms with Gasteiger partial charge in [-0.3, -0.25) is 9.59 Å². The molecule has 0 spiro atoms. The topological polar surface area (TPSA) is 58.6 Å². The number of nitrogens with zero attached hydrogens (tertiary/aromatic N) is 1. The van der Waals surface area contributed by atoms with E-state index in [-0.39, 0.29) is 18.4 Å². The fraction of sp³-hybridized carbons (Fsp3) is 0.364. The molecule has 2 aromatic carbocycles. The summed E-state index contributed by atoms with van der Waals surface area (Å²) < 4.78 is 5.59. The van der Waals surface area contributed by atoms with Crippen LogP contribution in [0.4, 0.5) is 0 Å². The molecule has 0 heterocycles. The number of nitrogens with one attached hydrogen (secondary N) is 1. The molecular weight excluding hydrogens is 376 g/mol. The van der Waals surface area contributed by atoms with Crippen LogP contribution in [-0.2, 0) is 16.1 Å². The molecule has 6 heteroatoms. The zero-order valence-electron chi connectivity index (χ0n) is 16.5. The number of amides is 2. The lowest BCUT2D eigenvalue weighted by Crippen LogP contribution is -2.49. The Morgan fingerprint density at radius 1 is 1.04 bits per heavy atom. The minimum Gasteiger partial charge on any atom is -0.484 e. The number of hydrogen-bond donors (Lipinski definition) is 1. The molecule has 0 aliphatic carbocycles. The van der Waals surface area contributed by atoms with Crippen molar-refractivity contribution in [3.8, 4) is 5.75 Å². The van der Waals surface area contributed by atoms with Gasteiger partial charge in [0.15, 0.2) is 6.61 Å². The second-order valence-electron chi connectivity index (χ2n) is 7.06. The van der Waals surface area contributed by atoms with Crippen molar-refractivity contribution in [3.05, 3.63) is 65.2 Å². The fourth-order valence-electron chi connectivity index (χ4n) is 2.57. The van der Waals surface area contributed by atoms with Crippen LogP contribution in [0, 0.1) is 5.92 Å². The molecule has 1 atom stereocenters. The smallest absolute Gasteiger partial charge is 0.261 e. The molecule has 0 bridgehead atoms. The van der Waals surface area contributed by atoms with E-state index >= 15 is 0 Å². The SMILES string of the molecule is CC(C)CNC(=O)C(C)N(Cc1ccc(Cl)cc1)C(=O)COc1ccccc1. The molecule has 0 aromatic heterocycles. The molecule has 0 saturated heterocycles. The molecule has 0 aliphatic heterocycles. The van der Waals surface area contributed by atoms with Crippen molar-refractivity contribution in [2.75, 3.05) is 13.2 Å². The van der Waals surface area contributed by atoms with E-state index < -0.39 is 6.04 Å². The van der Waals surface area contributed by atoms with E-state index in [1.54, 1.807) is 31.2 Å². The van der Waals surface area contributed by atoms with E-state index in [2.05, 4.69) is 5.32 Å². The first-order valence-corrected chi connectivity index (χ1v) is 9.74. The van der Waals surface area contributed by atoms with E-state index in [9.17, 15) is 9.59 Å². The number of benzene rings is 2. The van der Waals surface area contributed by atoms with Gasteiger partial charge in [0.05, 0.1) is 0 Å². The second kappa shape index (κ2) is 10.7. The van der Waals surface area contributed by atoms with Crippen LogP contribution in [0.2, 0.25) is 5.02 Å². The zero-order valence-corrected chi connectivity index (χ0v) is 17.3. The Hall–Kier alpha value is -2.53. The van der Waals surface area contributed by atoms with Crippen LogP contribution in [-0.4, -0.2) is 35.9 Å². The third-order valence-electron chi connectivity index (χ3n) is 4.22. The standard InChI is InChI=1S/C22H27ClN2O3/c1-16(2)13-24-22(27)17(3)25(14-18-9-11-19(23)12-10-18)21(26)15-28-20-7-5-4-6-8-20/h4-12,16-17H,13-15H2,1-3H3,(H,24,27). The second-order valence-corrected chi connectivity index (χ2v) is 7.50. The number of hydrogen-bond acceptors (Lipinski definition) is 3. The monoisotopic (exact) mass is 402 g/mol. The number of para-hydroxylation sites is 1. The molecule has 150 valence electrons. The molecule has 2 rings (SSSR count). The molecule has 0 fully saturated rings. The Morgan fingerprint density at radius 2 is 1.68 bits per heavy atom. The maximum absolute atomic E-state index is 12.9. The van der Waals surface area contributed by atoms with Gasteiger partial charge in [-0.25, -0.2) is 0 Å². The van der Waals surface area contributed by atoms with Gasteiger partial charge in [-0.05, 0) is 42.7 Å². The maximum atomic E-state index is 12.9. The Bertz CT molecular complexity index is 763. The van der Waals surface area contributed by atoms with Gasteiger partial charge in [0, 0.05) is 18.1 Å². The highest BCUT2D eigenvalue weighted by molar-refractivity contribution is 6.30. The van der Waals surface area contributed by atoms with Crippen molar-refractivity contribution in [2.24, 2.45) is 5.92 Å². The van der Waals surface area contributed by atoms with Crippen LogP contribution < -0.4 is 10.1 Å². The van der Waals surface area contributed by atoms with Crippen LogP contribution >= 0.6 is 11.6 Å². The maximum Gasteiger partial charge on any atom is 0.261 e. The molecule has 1 unspecified atom stereocenters. The van der Waals surface area contributed by atoms with Crippen molar-refractivity contribution < 1.29 is 14.3 Å². The van der Waals surface area contributed by atoms with Gasteiger partial charge in [0.2, 0.25) is 5.91 Å². The fourth-order valence-corrected chi connectivity index (χ4v) is 2.69. The van der Waals surface area contributed by atoms with E-state index in [0.717, 1.165) is 5.56 Å². The Labute approximate surface area is 171 Å². The van der Waals surface area contributed by atoms with Crippen LogP contribution in [0.1, 0.15) is 26.3 Å². The molecule has 2 aromatic rings. The number of halogens is 1. The van der Waals surface area contributed by atoms with Crippen LogP contribution in [0.15, 0.2) is 54.6 Å². The van der Waals surface area contributed by atoms with Gasteiger partial charge in [-0.1, -0.05) is 55.8 Å². The van der Waals surface area contributed by atoms with Gasteiger partial charge >= 0.3 is 0 Å². The van der Waals surface area contributed by atoms with Crippen molar-refractivity contribution in [3.63, 3.8) is 0 Å². The minimum absolute atomic E-state index is 0.139. The molecule has 0 aliphatic rings. The summed E-state index contributed by atoms with van der Waals surface area (Å²) in [6.07, 6.45) is 0. The predicted octanol–water partition coefficient (Wildman–Crippen LogP) is 3.91. The summed E-state index contributed by atoms with van der Waals surface area (Å²) in [5, 5.41) is 3.51. The van der Waals surface area contributed by atoms with Crippen LogP contribution in [0.3, 0.4) is 0 Å². The van der Waals surface area contributed by atoms with Gasteiger partial charge in [0.1, 0.15) is 11.8 Å². The summed E-state index contributed by atoms with van der Waals surface area (Å²) in [4.78, 5) is 26.9. The third-order valence-corrected chi connectivity index (χ3v) is 4.48. The molecule has 5 nitrogen and oxygen atoms in total. The zero-order chi connectivity index (χ0) is 20.5. The number of carbonyl (C=O) groups is 2. The van der Waals surface area contributed by atoms with Crippen molar-refractivity contribution in [1.29, 1.82) is 0 Å². The summed E-state index contributed by atoms with van der Waals surface area (Å²) >= 11 is 5.95. The largest absolute Gasteiger partial charge is 0.484 e. The minimum atomic E-state index is -0.624. The van der Waals surface area contributed by atoms with E-state index in [1.807, 2.05) is 44.2 Å². The highest BCUT2D eigenvalue weighted by Crippen LogP contribution is 2.15. The molecule has 28 heavy (non-hydrogen) atoms. The summed E-state index contributed by atoms with van der Waals surface area (Å²) in [5.41, 5.74) is 0.890. The number of rotatable bonds is 9. The first kappa shape index (κ1) is 21.8. The lowest BCUT2D eigenvalue weighted by atomic mass is 10.1. The molecule has 0 saturated carbocycles. The average Bonchev–Trinajstić information content (AvgIpc) is 2.70. The normalized spacial score (nSPS) is 11.8. The van der Waals surface area contributed by atoms with Crippen molar-refractivity contribution in [1.82, 2.24) is 10.2 Å². The Morgan fingerprint density at radius 3 is 2.29 bits per heavy atom. The van der Waals surface area contributed by atoms with E-state index in [0.29, 0.717) is 29.8 Å². The first-order valence-electron chi connectivity index (χ1n) is 9.36. The van der Waals surface area contributed by atoms with Crippen LogP contribution in [0.25, 0.3) is 0 Å². The lowest BCUT2D eigenvalue weighted by Gasteiger charge is -2.29. The Kier molecular flexibility index (Phi) is 8.33. The molecule has 1 N–H and O–H groups in total. The van der Waals surface area contributed by atoms with Gasteiger partial charge < -0.3 is 15.0 Å². The van der Waals surface area contributed by atoms with E-state index in [4.69, 9.17) is 16.3 Å². The molecular formula is C22H27ClN2O3. The lowest BCUT2D eigenvalue weighted by molar-refractivity contribution is -0.142. The van der Waals surface area contributed by atoms with Gasteiger partial charge in [-0.2, -0.15) is 0 Å².